The molecule has 0 saturated heterocycles. The standard InChI is InChI=1S/C13H22N2O2/c1-13(2,3)15-10-11-5-6-12(14-9-11)17-8-7-16-4/h5-6,9,15H,7-8,10H2,1-4H3. The Bertz CT molecular complexity index is 317. The second kappa shape index (κ2) is 6.57. The maximum Gasteiger partial charge on any atom is 0.213 e. The van der Waals surface area contributed by atoms with Gasteiger partial charge in [-0.3, -0.25) is 0 Å². The molecule has 0 spiro atoms. The Kier molecular flexibility index (Phi) is 5.38. The van der Waals surface area contributed by atoms with Gasteiger partial charge in [-0.2, -0.15) is 0 Å². The third-order valence-corrected chi connectivity index (χ3v) is 2.16. The lowest BCUT2D eigenvalue weighted by atomic mass is 10.1. The number of aromatic nitrogens is 1. The van der Waals surface area contributed by atoms with Crippen LogP contribution in [-0.4, -0.2) is 30.8 Å². The Morgan fingerprint density at radius 3 is 2.53 bits per heavy atom. The molecule has 1 aromatic heterocycles. The molecule has 96 valence electrons. The molecule has 1 aromatic rings. The van der Waals surface area contributed by atoms with Gasteiger partial charge in [-0.05, 0) is 26.3 Å². The maximum absolute atomic E-state index is 5.39. The van der Waals surface area contributed by atoms with Gasteiger partial charge < -0.3 is 14.8 Å². The summed E-state index contributed by atoms with van der Waals surface area (Å²) in [5.41, 5.74) is 1.27. The summed E-state index contributed by atoms with van der Waals surface area (Å²) in [6, 6.07) is 3.91. The Morgan fingerprint density at radius 1 is 1.24 bits per heavy atom. The first-order valence-electron chi connectivity index (χ1n) is 5.83. The number of hydrogen-bond donors (Lipinski definition) is 1. The summed E-state index contributed by atoms with van der Waals surface area (Å²) in [6.45, 7) is 8.35. The van der Waals surface area contributed by atoms with Crippen LogP contribution in [0.4, 0.5) is 0 Å². The minimum atomic E-state index is 0.119. The van der Waals surface area contributed by atoms with Crippen molar-refractivity contribution in [1.82, 2.24) is 10.3 Å². The molecule has 0 aromatic carbocycles. The van der Waals surface area contributed by atoms with Crippen LogP contribution in [0.3, 0.4) is 0 Å². The van der Waals surface area contributed by atoms with Crippen LogP contribution in [0.15, 0.2) is 18.3 Å². The van der Waals surface area contributed by atoms with Crippen LogP contribution in [-0.2, 0) is 11.3 Å². The topological polar surface area (TPSA) is 43.4 Å². The Labute approximate surface area is 103 Å². The average Bonchev–Trinajstić information content (AvgIpc) is 2.27. The molecule has 0 unspecified atom stereocenters. The van der Waals surface area contributed by atoms with Gasteiger partial charge in [0.05, 0.1) is 6.61 Å². The van der Waals surface area contributed by atoms with E-state index in [1.807, 2.05) is 18.3 Å². The number of methoxy groups -OCH3 is 1. The van der Waals surface area contributed by atoms with Gasteiger partial charge in [-0.1, -0.05) is 6.07 Å². The highest BCUT2D eigenvalue weighted by Gasteiger charge is 2.08. The van der Waals surface area contributed by atoms with E-state index in [0.717, 1.165) is 12.1 Å². The van der Waals surface area contributed by atoms with E-state index >= 15 is 0 Å². The van der Waals surface area contributed by atoms with Crippen LogP contribution in [0.5, 0.6) is 5.88 Å². The molecule has 17 heavy (non-hydrogen) atoms. The van der Waals surface area contributed by atoms with Crippen LogP contribution in [0.2, 0.25) is 0 Å². The van der Waals surface area contributed by atoms with Crippen molar-refractivity contribution in [2.45, 2.75) is 32.9 Å². The van der Waals surface area contributed by atoms with Crippen molar-refractivity contribution in [3.05, 3.63) is 23.9 Å². The lowest BCUT2D eigenvalue weighted by molar-refractivity contribution is 0.143. The second-order valence-electron chi connectivity index (χ2n) is 4.95. The zero-order chi connectivity index (χ0) is 12.7. The van der Waals surface area contributed by atoms with Crippen molar-refractivity contribution in [2.75, 3.05) is 20.3 Å². The van der Waals surface area contributed by atoms with Crippen molar-refractivity contribution >= 4 is 0 Å². The molecule has 0 fully saturated rings. The molecule has 0 aliphatic rings. The van der Waals surface area contributed by atoms with Crippen LogP contribution in [0, 0.1) is 0 Å². The van der Waals surface area contributed by atoms with Crippen molar-refractivity contribution < 1.29 is 9.47 Å². The van der Waals surface area contributed by atoms with Gasteiger partial charge in [-0.15, -0.1) is 0 Å². The third-order valence-electron chi connectivity index (χ3n) is 2.16. The van der Waals surface area contributed by atoms with Gasteiger partial charge in [0.2, 0.25) is 5.88 Å². The molecule has 0 radical (unpaired) electrons. The molecule has 0 saturated carbocycles. The predicted octanol–water partition coefficient (Wildman–Crippen LogP) is 1.99. The van der Waals surface area contributed by atoms with Crippen molar-refractivity contribution in [2.24, 2.45) is 0 Å². The molecule has 0 atom stereocenters. The number of nitrogens with one attached hydrogen (secondary N) is 1. The summed E-state index contributed by atoms with van der Waals surface area (Å²) >= 11 is 0. The van der Waals surface area contributed by atoms with E-state index in [9.17, 15) is 0 Å². The minimum absolute atomic E-state index is 0.119. The number of rotatable bonds is 6. The van der Waals surface area contributed by atoms with Gasteiger partial charge in [-0.25, -0.2) is 4.98 Å². The summed E-state index contributed by atoms with van der Waals surface area (Å²) in [5, 5.41) is 3.41. The fourth-order valence-corrected chi connectivity index (χ4v) is 1.20. The van der Waals surface area contributed by atoms with E-state index in [0.29, 0.717) is 19.1 Å². The number of ether oxygens (including phenoxy) is 2. The summed E-state index contributed by atoms with van der Waals surface area (Å²) in [5.74, 6) is 0.640. The lowest BCUT2D eigenvalue weighted by Gasteiger charge is -2.20. The SMILES string of the molecule is COCCOc1ccc(CNC(C)(C)C)cn1. The van der Waals surface area contributed by atoms with Crippen LogP contribution >= 0.6 is 0 Å². The molecule has 4 nitrogen and oxygen atoms in total. The van der Waals surface area contributed by atoms with Crippen LogP contribution in [0.1, 0.15) is 26.3 Å². The quantitative estimate of drug-likeness (QED) is 0.770. The van der Waals surface area contributed by atoms with E-state index in [2.05, 4.69) is 31.1 Å². The minimum Gasteiger partial charge on any atom is -0.475 e. The molecule has 0 amide bonds. The highest BCUT2D eigenvalue weighted by Crippen LogP contribution is 2.08. The smallest absolute Gasteiger partial charge is 0.213 e. The van der Waals surface area contributed by atoms with Gasteiger partial charge in [0, 0.05) is 31.5 Å². The van der Waals surface area contributed by atoms with E-state index < -0.39 is 0 Å². The van der Waals surface area contributed by atoms with Crippen LogP contribution < -0.4 is 10.1 Å². The van der Waals surface area contributed by atoms with E-state index in [-0.39, 0.29) is 5.54 Å². The van der Waals surface area contributed by atoms with Gasteiger partial charge in [0.1, 0.15) is 6.61 Å². The molecule has 0 bridgehead atoms. The number of nitrogens with zero attached hydrogens (tertiary/aromatic N) is 1. The van der Waals surface area contributed by atoms with E-state index in [4.69, 9.17) is 9.47 Å². The highest BCUT2D eigenvalue weighted by molar-refractivity contribution is 5.17. The third kappa shape index (κ3) is 6.24. The van der Waals surface area contributed by atoms with Crippen LogP contribution in [0.25, 0.3) is 0 Å². The van der Waals surface area contributed by atoms with Gasteiger partial charge in [0.15, 0.2) is 0 Å². The zero-order valence-electron chi connectivity index (χ0n) is 11.1. The summed E-state index contributed by atoms with van der Waals surface area (Å²) in [7, 11) is 1.65. The van der Waals surface area contributed by atoms with Gasteiger partial charge >= 0.3 is 0 Å². The molecule has 0 aliphatic heterocycles. The second-order valence-corrected chi connectivity index (χ2v) is 4.95. The van der Waals surface area contributed by atoms with Crippen molar-refractivity contribution in [3.8, 4) is 5.88 Å². The van der Waals surface area contributed by atoms with E-state index in [1.54, 1.807) is 7.11 Å². The summed E-state index contributed by atoms with van der Waals surface area (Å²) in [6.07, 6.45) is 1.83. The molecule has 1 rings (SSSR count). The predicted molar refractivity (Wildman–Crippen MR) is 68.2 cm³/mol. The Morgan fingerprint density at radius 2 is 2.00 bits per heavy atom. The normalized spacial score (nSPS) is 11.5. The first-order chi connectivity index (χ1) is 8.01. The monoisotopic (exact) mass is 238 g/mol. The summed E-state index contributed by atoms with van der Waals surface area (Å²) < 4.78 is 10.3. The largest absolute Gasteiger partial charge is 0.475 e. The fourth-order valence-electron chi connectivity index (χ4n) is 1.20. The summed E-state index contributed by atoms with van der Waals surface area (Å²) in [4.78, 5) is 4.23. The zero-order valence-corrected chi connectivity index (χ0v) is 11.1. The first kappa shape index (κ1) is 13.9. The first-order valence-corrected chi connectivity index (χ1v) is 5.83. The average molecular weight is 238 g/mol. The van der Waals surface area contributed by atoms with Gasteiger partial charge in [0.25, 0.3) is 0 Å². The lowest BCUT2D eigenvalue weighted by Crippen LogP contribution is -2.35. The highest BCUT2D eigenvalue weighted by atomic mass is 16.5. The molecular weight excluding hydrogens is 216 g/mol. The molecular formula is C13H22N2O2. The Balaban J connectivity index is 2.39. The molecule has 1 heterocycles. The molecule has 4 heteroatoms. The number of hydrogen-bond acceptors (Lipinski definition) is 4. The van der Waals surface area contributed by atoms with E-state index in [1.165, 1.54) is 0 Å². The fraction of sp³-hybridized carbons (Fsp3) is 0.615. The number of pyridine rings is 1. The van der Waals surface area contributed by atoms with Crippen molar-refractivity contribution in [1.29, 1.82) is 0 Å². The molecule has 1 N–H and O–H groups in total. The Hall–Kier alpha value is -1.13. The maximum atomic E-state index is 5.39. The molecule has 0 aliphatic carbocycles. The van der Waals surface area contributed by atoms with Crippen molar-refractivity contribution in [3.63, 3.8) is 0 Å².